The van der Waals surface area contributed by atoms with Crippen LogP contribution in [0.4, 0.5) is 10.8 Å². The molecule has 26 heavy (non-hydrogen) atoms. The Balaban J connectivity index is 1.38. The number of fused-ring (bicyclic) bond motifs is 2. The highest BCUT2D eigenvalue weighted by Crippen LogP contribution is 2.32. The molecule has 2 fully saturated rings. The minimum Gasteiger partial charge on any atom is -0.442 e. The number of hydrogen-bond donors (Lipinski definition) is 0. The van der Waals surface area contributed by atoms with Crippen LogP contribution in [0, 0.1) is 6.92 Å². The number of nitrogens with zero attached hydrogens (tertiary/aromatic N) is 4. The lowest BCUT2D eigenvalue weighted by Gasteiger charge is -2.21. The molecule has 5 rings (SSSR count). The molecule has 2 aromatic heterocycles. The molecule has 0 aliphatic carbocycles. The number of carbonyl (C=O) groups excluding carboxylic acids is 1. The van der Waals surface area contributed by atoms with E-state index in [0.717, 1.165) is 22.4 Å². The SMILES string of the molecule is Cc1ccc2oc(N3C[C@H]4OC(=O)N(Cc5ccccn5)[C@H]4C3)nc2c1. The average Bonchev–Trinajstić information content (AvgIpc) is 3.30. The van der Waals surface area contributed by atoms with E-state index in [4.69, 9.17) is 9.15 Å². The summed E-state index contributed by atoms with van der Waals surface area (Å²) in [5.74, 6) is 0. The highest BCUT2D eigenvalue weighted by Gasteiger charge is 2.48. The lowest BCUT2D eigenvalue weighted by Crippen LogP contribution is -2.37. The molecule has 0 saturated carbocycles. The minimum absolute atomic E-state index is 0.0266. The largest absolute Gasteiger partial charge is 0.442 e. The zero-order chi connectivity index (χ0) is 17.7. The van der Waals surface area contributed by atoms with Gasteiger partial charge < -0.3 is 14.1 Å². The summed E-state index contributed by atoms with van der Waals surface area (Å²) in [6.45, 7) is 3.69. The third-order valence-electron chi connectivity index (χ3n) is 4.98. The van der Waals surface area contributed by atoms with Crippen LogP contribution in [-0.4, -0.2) is 46.2 Å². The van der Waals surface area contributed by atoms with Crippen LogP contribution in [0.2, 0.25) is 0 Å². The first-order chi connectivity index (χ1) is 12.7. The van der Waals surface area contributed by atoms with E-state index in [1.165, 1.54) is 0 Å². The number of aromatic nitrogens is 2. The van der Waals surface area contributed by atoms with Crippen LogP contribution in [-0.2, 0) is 11.3 Å². The van der Waals surface area contributed by atoms with Crippen LogP contribution < -0.4 is 4.90 Å². The fraction of sp³-hybridized carbons (Fsp3) is 0.316. The second-order valence-corrected chi connectivity index (χ2v) is 6.81. The number of ether oxygens (including phenoxy) is 1. The highest BCUT2D eigenvalue weighted by molar-refractivity contribution is 5.76. The third-order valence-corrected chi connectivity index (χ3v) is 4.98. The number of amides is 1. The van der Waals surface area contributed by atoms with Gasteiger partial charge in [0.05, 0.1) is 24.8 Å². The van der Waals surface area contributed by atoms with Gasteiger partial charge in [-0.3, -0.25) is 9.88 Å². The van der Waals surface area contributed by atoms with Crippen molar-refractivity contribution < 1.29 is 13.9 Å². The summed E-state index contributed by atoms with van der Waals surface area (Å²) in [6, 6.07) is 12.2. The van der Waals surface area contributed by atoms with Crippen LogP contribution in [0.25, 0.3) is 11.1 Å². The number of pyridine rings is 1. The van der Waals surface area contributed by atoms with Crippen molar-refractivity contribution in [1.29, 1.82) is 0 Å². The Labute approximate surface area is 150 Å². The second kappa shape index (κ2) is 5.72. The van der Waals surface area contributed by atoms with Crippen LogP contribution >= 0.6 is 0 Å². The normalized spacial score (nSPS) is 22.1. The summed E-state index contributed by atoms with van der Waals surface area (Å²) in [5, 5.41) is 0. The molecule has 1 aromatic carbocycles. The van der Waals surface area contributed by atoms with Crippen molar-refractivity contribution in [3.8, 4) is 0 Å². The van der Waals surface area contributed by atoms with Crippen LogP contribution in [0.5, 0.6) is 0 Å². The molecule has 0 spiro atoms. The Morgan fingerprint density at radius 3 is 3.00 bits per heavy atom. The fourth-order valence-electron chi connectivity index (χ4n) is 3.67. The summed E-state index contributed by atoms with van der Waals surface area (Å²) >= 11 is 0. The molecule has 1 amide bonds. The maximum absolute atomic E-state index is 12.2. The first-order valence-electron chi connectivity index (χ1n) is 8.67. The lowest BCUT2D eigenvalue weighted by atomic mass is 10.2. The lowest BCUT2D eigenvalue weighted by molar-refractivity contribution is 0.134. The number of anilines is 1. The molecule has 0 radical (unpaired) electrons. The maximum atomic E-state index is 12.2. The van der Waals surface area contributed by atoms with Gasteiger partial charge >= 0.3 is 6.09 Å². The summed E-state index contributed by atoms with van der Waals surface area (Å²) in [6.07, 6.45) is 1.27. The highest BCUT2D eigenvalue weighted by atomic mass is 16.6. The summed E-state index contributed by atoms with van der Waals surface area (Å²) in [5.41, 5.74) is 3.61. The molecule has 2 saturated heterocycles. The molecule has 7 heteroatoms. The Morgan fingerprint density at radius 2 is 2.15 bits per heavy atom. The maximum Gasteiger partial charge on any atom is 0.410 e. The third kappa shape index (κ3) is 2.47. The number of aryl methyl sites for hydroxylation is 1. The molecule has 2 atom stereocenters. The van der Waals surface area contributed by atoms with E-state index in [-0.39, 0.29) is 18.2 Å². The van der Waals surface area contributed by atoms with Crippen LogP contribution in [0.15, 0.2) is 47.0 Å². The van der Waals surface area contributed by atoms with Crippen LogP contribution in [0.3, 0.4) is 0 Å². The van der Waals surface area contributed by atoms with Gasteiger partial charge in [-0.2, -0.15) is 4.98 Å². The monoisotopic (exact) mass is 350 g/mol. The molecule has 7 nitrogen and oxygen atoms in total. The van der Waals surface area contributed by atoms with E-state index in [2.05, 4.69) is 9.97 Å². The molecule has 3 aromatic rings. The first kappa shape index (κ1) is 15.2. The molecule has 0 bridgehead atoms. The number of hydrogen-bond acceptors (Lipinski definition) is 6. The molecule has 0 unspecified atom stereocenters. The fourth-order valence-corrected chi connectivity index (χ4v) is 3.67. The van der Waals surface area contributed by atoms with Gasteiger partial charge in [0.1, 0.15) is 11.6 Å². The Kier molecular flexibility index (Phi) is 3.34. The van der Waals surface area contributed by atoms with E-state index in [9.17, 15) is 4.79 Å². The van der Waals surface area contributed by atoms with Crippen LogP contribution in [0.1, 0.15) is 11.3 Å². The van der Waals surface area contributed by atoms with Gasteiger partial charge in [-0.1, -0.05) is 12.1 Å². The predicted octanol–water partition coefficient (Wildman–Crippen LogP) is 2.74. The predicted molar refractivity (Wildman–Crippen MR) is 94.8 cm³/mol. The summed E-state index contributed by atoms with van der Waals surface area (Å²) in [4.78, 5) is 24.9. The van der Waals surface area contributed by atoms with Gasteiger partial charge in [-0.25, -0.2) is 4.79 Å². The number of carbonyl (C=O) groups is 1. The van der Waals surface area contributed by atoms with E-state index >= 15 is 0 Å². The minimum atomic E-state index is -0.279. The molecule has 132 valence electrons. The van der Waals surface area contributed by atoms with Crippen molar-refractivity contribution >= 4 is 23.2 Å². The molecule has 2 aliphatic heterocycles. The van der Waals surface area contributed by atoms with E-state index in [0.29, 0.717) is 25.6 Å². The summed E-state index contributed by atoms with van der Waals surface area (Å²) in [7, 11) is 0. The van der Waals surface area contributed by atoms with Crippen molar-refractivity contribution in [3.05, 3.63) is 53.9 Å². The zero-order valence-electron chi connectivity index (χ0n) is 14.3. The van der Waals surface area contributed by atoms with Gasteiger partial charge in [-0.05, 0) is 36.8 Å². The standard InChI is InChI=1S/C19H18N4O3/c1-12-5-6-16-14(8-12)21-18(25-16)22-10-15-17(11-22)26-19(24)23(15)9-13-4-2-3-7-20-13/h2-8,15,17H,9-11H2,1H3/t15-,17+/m0/s1. The second-order valence-electron chi connectivity index (χ2n) is 6.81. The number of rotatable bonds is 3. The Bertz CT molecular complexity index is 971. The zero-order valence-corrected chi connectivity index (χ0v) is 14.3. The van der Waals surface area contributed by atoms with Gasteiger partial charge in [0.15, 0.2) is 5.58 Å². The Hall–Kier alpha value is -3.09. The van der Waals surface area contributed by atoms with Gasteiger partial charge in [0.2, 0.25) is 0 Å². The average molecular weight is 350 g/mol. The van der Waals surface area contributed by atoms with Gasteiger partial charge in [0.25, 0.3) is 6.01 Å². The number of oxazole rings is 1. The van der Waals surface area contributed by atoms with Crippen molar-refractivity contribution in [1.82, 2.24) is 14.9 Å². The molecule has 2 aliphatic rings. The molecule has 4 heterocycles. The smallest absolute Gasteiger partial charge is 0.410 e. The van der Waals surface area contributed by atoms with Crippen molar-refractivity contribution in [2.45, 2.75) is 25.6 Å². The van der Waals surface area contributed by atoms with Crippen molar-refractivity contribution in [2.75, 3.05) is 18.0 Å². The Morgan fingerprint density at radius 1 is 1.23 bits per heavy atom. The molecular weight excluding hydrogens is 332 g/mol. The van der Waals surface area contributed by atoms with E-state index < -0.39 is 0 Å². The molecule has 0 N–H and O–H groups in total. The van der Waals surface area contributed by atoms with Crippen molar-refractivity contribution in [2.24, 2.45) is 0 Å². The van der Waals surface area contributed by atoms with E-state index in [1.54, 1.807) is 11.1 Å². The van der Waals surface area contributed by atoms with E-state index in [1.807, 2.05) is 48.2 Å². The quantitative estimate of drug-likeness (QED) is 0.723. The number of benzene rings is 1. The van der Waals surface area contributed by atoms with Gasteiger partial charge in [-0.15, -0.1) is 0 Å². The van der Waals surface area contributed by atoms with Crippen molar-refractivity contribution in [3.63, 3.8) is 0 Å². The topological polar surface area (TPSA) is 71.7 Å². The first-order valence-corrected chi connectivity index (χ1v) is 8.67. The molecular formula is C19H18N4O3. The van der Waals surface area contributed by atoms with Gasteiger partial charge in [0, 0.05) is 12.7 Å². The summed E-state index contributed by atoms with van der Waals surface area (Å²) < 4.78 is 11.5.